The first kappa shape index (κ1) is 27.2. The number of pyridine rings is 1. The molecule has 4 N–H and O–H groups in total. The maximum absolute atomic E-state index is 15.5. The molecule has 0 saturated heterocycles. The van der Waals surface area contributed by atoms with Gasteiger partial charge >= 0.3 is 0 Å². The largest absolute Gasteiger partial charge is 0.480 e. The van der Waals surface area contributed by atoms with Gasteiger partial charge in [0.2, 0.25) is 5.88 Å². The number of anilines is 1. The van der Waals surface area contributed by atoms with E-state index < -0.39 is 61.2 Å². The van der Waals surface area contributed by atoms with Crippen LogP contribution >= 0.6 is 11.6 Å². The van der Waals surface area contributed by atoms with E-state index in [4.69, 9.17) is 16.3 Å². The SMILES string of the molecule is COc1ncc(Cl)cc1S(=O)(=O)Nc1ccc(F)c(-c2ccc3c(C(=O)NCC(C)O)n[nH]c3c2F)c1F. The Morgan fingerprint density at radius 2 is 1.95 bits per heavy atom. The Labute approximate surface area is 218 Å². The predicted molar refractivity (Wildman–Crippen MR) is 132 cm³/mol. The molecular weight excluding hydrogens is 551 g/mol. The van der Waals surface area contributed by atoms with Crippen LogP contribution in [0.1, 0.15) is 17.4 Å². The molecule has 15 heteroatoms. The van der Waals surface area contributed by atoms with Crippen molar-refractivity contribution in [2.45, 2.75) is 17.9 Å². The highest BCUT2D eigenvalue weighted by Crippen LogP contribution is 2.36. The Hall–Kier alpha value is -3.88. The average molecular weight is 570 g/mol. The summed E-state index contributed by atoms with van der Waals surface area (Å²) in [6, 6.07) is 4.87. The molecule has 1 atom stereocenters. The summed E-state index contributed by atoms with van der Waals surface area (Å²) >= 11 is 5.84. The molecule has 0 radical (unpaired) electrons. The lowest BCUT2D eigenvalue weighted by Gasteiger charge is -2.14. The Morgan fingerprint density at radius 3 is 2.63 bits per heavy atom. The Morgan fingerprint density at radius 1 is 1.21 bits per heavy atom. The second-order valence-electron chi connectivity index (χ2n) is 8.03. The first-order chi connectivity index (χ1) is 17.9. The number of aliphatic hydroxyl groups is 1. The first-order valence-corrected chi connectivity index (χ1v) is 12.6. The van der Waals surface area contributed by atoms with Gasteiger partial charge in [0.05, 0.1) is 29.5 Å². The summed E-state index contributed by atoms with van der Waals surface area (Å²) in [7, 11) is -3.36. The van der Waals surface area contributed by atoms with Crippen LogP contribution in [0.15, 0.2) is 41.4 Å². The number of methoxy groups -OCH3 is 1. The lowest BCUT2D eigenvalue weighted by Crippen LogP contribution is -2.30. The molecule has 200 valence electrons. The number of sulfonamides is 1. The van der Waals surface area contributed by atoms with Crippen LogP contribution in [0.3, 0.4) is 0 Å². The van der Waals surface area contributed by atoms with Crippen molar-refractivity contribution in [1.82, 2.24) is 20.5 Å². The van der Waals surface area contributed by atoms with Crippen LogP contribution < -0.4 is 14.8 Å². The van der Waals surface area contributed by atoms with Crippen molar-refractivity contribution in [3.05, 3.63) is 64.7 Å². The quantitative estimate of drug-likeness (QED) is 0.253. The Bertz CT molecular complexity index is 1660. The fourth-order valence-electron chi connectivity index (χ4n) is 3.58. The molecule has 0 saturated carbocycles. The summed E-state index contributed by atoms with van der Waals surface area (Å²) in [5, 5.41) is 17.8. The number of ether oxygens (including phenoxy) is 1. The minimum Gasteiger partial charge on any atom is -0.480 e. The van der Waals surface area contributed by atoms with Gasteiger partial charge in [-0.2, -0.15) is 5.10 Å². The Kier molecular flexibility index (Phi) is 7.49. The standard InChI is InChI=1S/C23H19ClF3N5O5S/c1-10(33)8-28-22(34)21-13-4-3-12(18(26)20(13)30-31-21)17-14(25)5-6-15(19(17)27)32-38(35,36)16-7-11(24)9-29-23(16)37-2/h3-7,9-10,32-33H,8H2,1-2H3,(H,28,34)(H,30,31). The molecule has 0 aliphatic carbocycles. The second-order valence-corrected chi connectivity index (χ2v) is 10.1. The van der Waals surface area contributed by atoms with Gasteiger partial charge in [0.15, 0.2) is 22.2 Å². The third kappa shape index (κ3) is 5.10. The minimum absolute atomic E-state index is 0.0209. The molecule has 0 fully saturated rings. The van der Waals surface area contributed by atoms with Crippen LogP contribution in [0.4, 0.5) is 18.9 Å². The van der Waals surface area contributed by atoms with Crippen molar-refractivity contribution in [2.24, 2.45) is 0 Å². The maximum atomic E-state index is 15.5. The number of benzene rings is 2. The first-order valence-electron chi connectivity index (χ1n) is 10.8. The lowest BCUT2D eigenvalue weighted by molar-refractivity contribution is 0.0920. The molecule has 10 nitrogen and oxygen atoms in total. The van der Waals surface area contributed by atoms with E-state index in [1.807, 2.05) is 4.72 Å². The predicted octanol–water partition coefficient (Wildman–Crippen LogP) is 3.62. The average Bonchev–Trinajstić information content (AvgIpc) is 3.30. The summed E-state index contributed by atoms with van der Waals surface area (Å²) in [5.41, 5.74) is -2.63. The van der Waals surface area contributed by atoms with Crippen LogP contribution in [0.25, 0.3) is 22.0 Å². The number of nitrogens with one attached hydrogen (secondary N) is 3. The molecule has 2 aromatic carbocycles. The third-order valence-corrected chi connectivity index (χ3v) is 6.89. The van der Waals surface area contributed by atoms with E-state index in [-0.39, 0.29) is 34.0 Å². The van der Waals surface area contributed by atoms with E-state index in [1.165, 1.54) is 20.1 Å². The number of aromatic nitrogens is 3. The molecule has 4 aromatic rings. The fraction of sp³-hybridized carbons (Fsp3) is 0.174. The summed E-state index contributed by atoms with van der Waals surface area (Å²) in [6.45, 7) is 1.37. The van der Waals surface area contributed by atoms with Gasteiger partial charge in [0.1, 0.15) is 11.3 Å². The number of halogens is 4. The molecule has 4 rings (SSSR count). The van der Waals surface area contributed by atoms with E-state index in [2.05, 4.69) is 20.5 Å². The van der Waals surface area contributed by atoms with E-state index in [1.54, 1.807) is 0 Å². The highest BCUT2D eigenvalue weighted by molar-refractivity contribution is 7.92. The molecular formula is C23H19ClF3N5O5S. The van der Waals surface area contributed by atoms with Gasteiger partial charge < -0.3 is 15.2 Å². The van der Waals surface area contributed by atoms with Gasteiger partial charge in [-0.25, -0.2) is 26.6 Å². The fourth-order valence-corrected chi connectivity index (χ4v) is 5.00. The number of amides is 1. The topological polar surface area (TPSA) is 146 Å². The zero-order valence-electron chi connectivity index (χ0n) is 19.6. The van der Waals surface area contributed by atoms with Gasteiger partial charge in [-0.15, -0.1) is 0 Å². The smallest absolute Gasteiger partial charge is 0.272 e. The summed E-state index contributed by atoms with van der Waals surface area (Å²) in [4.78, 5) is 15.6. The highest BCUT2D eigenvalue weighted by atomic mass is 35.5. The number of nitrogens with zero attached hydrogens (tertiary/aromatic N) is 2. The van der Waals surface area contributed by atoms with Crippen molar-refractivity contribution >= 4 is 44.1 Å². The normalized spacial score (nSPS) is 12.4. The Balaban J connectivity index is 1.76. The van der Waals surface area contributed by atoms with E-state index >= 15 is 8.78 Å². The highest BCUT2D eigenvalue weighted by Gasteiger charge is 2.27. The van der Waals surface area contributed by atoms with Crippen molar-refractivity contribution in [1.29, 1.82) is 0 Å². The molecule has 2 aromatic heterocycles. The monoisotopic (exact) mass is 569 g/mol. The molecule has 0 spiro atoms. The lowest BCUT2D eigenvalue weighted by atomic mass is 10.0. The van der Waals surface area contributed by atoms with Crippen LogP contribution in [0.2, 0.25) is 5.02 Å². The van der Waals surface area contributed by atoms with Gasteiger partial charge in [-0.05, 0) is 31.2 Å². The summed E-state index contributed by atoms with van der Waals surface area (Å²) < 4.78 is 78.5. The number of carbonyl (C=O) groups is 1. The number of hydrogen-bond donors (Lipinski definition) is 4. The van der Waals surface area contributed by atoms with Gasteiger partial charge in [-0.1, -0.05) is 17.7 Å². The van der Waals surface area contributed by atoms with Crippen molar-refractivity contribution in [2.75, 3.05) is 18.4 Å². The number of fused-ring (bicyclic) bond motifs is 1. The molecule has 0 bridgehead atoms. The number of aliphatic hydroxyl groups excluding tert-OH is 1. The van der Waals surface area contributed by atoms with Crippen LogP contribution in [-0.4, -0.2) is 54.4 Å². The zero-order chi connectivity index (χ0) is 27.8. The van der Waals surface area contributed by atoms with Crippen molar-refractivity contribution in [3.8, 4) is 17.0 Å². The van der Waals surface area contributed by atoms with E-state index in [9.17, 15) is 22.7 Å². The zero-order valence-corrected chi connectivity index (χ0v) is 21.2. The molecule has 0 aliphatic heterocycles. The molecule has 38 heavy (non-hydrogen) atoms. The number of aromatic amines is 1. The molecule has 1 unspecified atom stereocenters. The van der Waals surface area contributed by atoms with Gasteiger partial charge in [0, 0.05) is 23.7 Å². The van der Waals surface area contributed by atoms with E-state index in [0.717, 1.165) is 30.5 Å². The third-order valence-electron chi connectivity index (χ3n) is 5.32. The molecule has 1 amide bonds. The van der Waals surface area contributed by atoms with Crippen LogP contribution in [-0.2, 0) is 10.0 Å². The van der Waals surface area contributed by atoms with E-state index in [0.29, 0.717) is 0 Å². The molecule has 0 aliphatic rings. The number of hydrogen-bond acceptors (Lipinski definition) is 7. The number of carbonyl (C=O) groups excluding carboxylic acids is 1. The number of rotatable bonds is 8. The van der Waals surface area contributed by atoms with Gasteiger partial charge in [-0.3, -0.25) is 14.6 Å². The second kappa shape index (κ2) is 10.5. The van der Waals surface area contributed by atoms with Gasteiger partial charge in [0.25, 0.3) is 15.9 Å². The van der Waals surface area contributed by atoms with Crippen LogP contribution in [0.5, 0.6) is 5.88 Å². The summed E-state index contributed by atoms with van der Waals surface area (Å²) in [6.07, 6.45) is 0.311. The van der Waals surface area contributed by atoms with Crippen LogP contribution in [0, 0.1) is 17.5 Å². The van der Waals surface area contributed by atoms with Crippen molar-refractivity contribution < 1.29 is 36.2 Å². The van der Waals surface area contributed by atoms with Crippen molar-refractivity contribution in [3.63, 3.8) is 0 Å². The minimum atomic E-state index is -4.53. The summed E-state index contributed by atoms with van der Waals surface area (Å²) in [5.74, 6) is -4.75. The molecule has 2 heterocycles. The number of H-pyrrole nitrogens is 1. The maximum Gasteiger partial charge on any atom is 0.272 e.